The van der Waals surface area contributed by atoms with Crippen molar-refractivity contribution in [3.8, 4) is 0 Å². The first-order chi connectivity index (χ1) is 9.26. The van der Waals surface area contributed by atoms with Gasteiger partial charge in [0.1, 0.15) is 5.82 Å². The number of hydrogen-bond donors (Lipinski definition) is 2. The summed E-state index contributed by atoms with van der Waals surface area (Å²) in [6, 6.07) is 0.528. The lowest BCUT2D eigenvalue weighted by Crippen LogP contribution is -2.43. The Hall–Kier alpha value is -1.36. The zero-order chi connectivity index (χ0) is 13.7. The lowest BCUT2D eigenvalue weighted by Gasteiger charge is -2.38. The fourth-order valence-corrected chi connectivity index (χ4v) is 2.31. The third-order valence-electron chi connectivity index (χ3n) is 3.61. The van der Waals surface area contributed by atoms with E-state index in [2.05, 4.69) is 27.1 Å². The molecule has 19 heavy (non-hydrogen) atoms. The first-order valence-electron chi connectivity index (χ1n) is 7.21. The van der Waals surface area contributed by atoms with Crippen molar-refractivity contribution in [1.29, 1.82) is 0 Å². The molecule has 1 aromatic rings. The van der Waals surface area contributed by atoms with Gasteiger partial charge in [-0.15, -0.1) is 0 Å². The molecule has 0 bridgehead atoms. The Morgan fingerprint density at radius 2 is 2.26 bits per heavy atom. The summed E-state index contributed by atoms with van der Waals surface area (Å²) in [5, 5.41) is 12.5. The number of aliphatic hydroxyl groups is 1. The van der Waals surface area contributed by atoms with Gasteiger partial charge in [-0.05, 0) is 32.6 Å². The van der Waals surface area contributed by atoms with E-state index in [1.807, 2.05) is 13.1 Å². The van der Waals surface area contributed by atoms with Gasteiger partial charge in [0, 0.05) is 30.9 Å². The zero-order valence-electron chi connectivity index (χ0n) is 11.9. The molecule has 5 heteroatoms. The molecule has 0 spiro atoms. The summed E-state index contributed by atoms with van der Waals surface area (Å²) in [5.74, 6) is 1.65. The van der Waals surface area contributed by atoms with Gasteiger partial charge in [0.2, 0.25) is 5.95 Å². The monoisotopic (exact) mass is 264 g/mol. The number of aryl methyl sites for hydroxylation is 1. The molecular weight excluding hydrogens is 240 g/mol. The van der Waals surface area contributed by atoms with Crippen molar-refractivity contribution < 1.29 is 5.11 Å². The van der Waals surface area contributed by atoms with Crippen molar-refractivity contribution in [2.24, 2.45) is 0 Å². The maximum absolute atomic E-state index is 9.27. The predicted molar refractivity (Wildman–Crippen MR) is 77.6 cm³/mol. The smallest absolute Gasteiger partial charge is 0.224 e. The van der Waals surface area contributed by atoms with Gasteiger partial charge >= 0.3 is 0 Å². The summed E-state index contributed by atoms with van der Waals surface area (Å²) in [6.07, 6.45) is 6.58. The highest BCUT2D eigenvalue weighted by molar-refractivity contribution is 5.50. The molecule has 5 nitrogen and oxygen atoms in total. The maximum atomic E-state index is 9.27. The van der Waals surface area contributed by atoms with Crippen molar-refractivity contribution in [3.63, 3.8) is 0 Å². The van der Waals surface area contributed by atoms with Crippen LogP contribution in [-0.4, -0.2) is 40.8 Å². The third kappa shape index (κ3) is 3.35. The minimum atomic E-state index is 0.164. The third-order valence-corrected chi connectivity index (χ3v) is 3.61. The van der Waals surface area contributed by atoms with E-state index in [9.17, 15) is 5.11 Å². The fourth-order valence-electron chi connectivity index (χ4n) is 2.31. The van der Waals surface area contributed by atoms with E-state index in [0.717, 1.165) is 24.3 Å². The van der Waals surface area contributed by atoms with Gasteiger partial charge < -0.3 is 15.3 Å². The largest absolute Gasteiger partial charge is 0.395 e. The van der Waals surface area contributed by atoms with Crippen LogP contribution in [0.25, 0.3) is 0 Å². The number of aromatic nitrogens is 2. The molecule has 0 amide bonds. The van der Waals surface area contributed by atoms with Crippen LogP contribution in [0.1, 0.15) is 38.2 Å². The number of hydrogen-bond acceptors (Lipinski definition) is 5. The molecule has 1 aromatic heterocycles. The van der Waals surface area contributed by atoms with E-state index < -0.39 is 0 Å². The summed E-state index contributed by atoms with van der Waals surface area (Å²) >= 11 is 0. The van der Waals surface area contributed by atoms with Gasteiger partial charge in [0.05, 0.1) is 6.61 Å². The Morgan fingerprint density at radius 3 is 2.84 bits per heavy atom. The van der Waals surface area contributed by atoms with Gasteiger partial charge in [-0.1, -0.05) is 6.92 Å². The molecule has 106 valence electrons. The fraction of sp³-hybridized carbons (Fsp3) is 0.714. The second kappa shape index (κ2) is 6.70. The van der Waals surface area contributed by atoms with Gasteiger partial charge in [0.25, 0.3) is 0 Å². The highest BCUT2D eigenvalue weighted by Crippen LogP contribution is 2.30. The van der Waals surface area contributed by atoms with E-state index in [0.29, 0.717) is 18.5 Å². The summed E-state index contributed by atoms with van der Waals surface area (Å²) in [6.45, 7) is 5.84. The molecule has 0 atom stereocenters. The summed E-state index contributed by atoms with van der Waals surface area (Å²) in [5.41, 5.74) is 1.07. The first-order valence-corrected chi connectivity index (χ1v) is 7.21. The number of nitrogens with zero attached hydrogens (tertiary/aromatic N) is 3. The zero-order valence-corrected chi connectivity index (χ0v) is 11.9. The Balaban J connectivity index is 2.18. The van der Waals surface area contributed by atoms with Crippen LogP contribution in [0.3, 0.4) is 0 Å². The van der Waals surface area contributed by atoms with E-state index in [-0.39, 0.29) is 6.61 Å². The van der Waals surface area contributed by atoms with Crippen LogP contribution in [0.2, 0.25) is 0 Å². The number of aliphatic hydroxyl groups excluding tert-OH is 1. The van der Waals surface area contributed by atoms with Gasteiger partial charge in [-0.2, -0.15) is 4.98 Å². The van der Waals surface area contributed by atoms with E-state index in [1.54, 1.807) is 0 Å². The molecule has 0 saturated heterocycles. The highest BCUT2D eigenvalue weighted by Gasteiger charge is 2.26. The Kier molecular flexibility index (Phi) is 4.96. The van der Waals surface area contributed by atoms with Crippen molar-refractivity contribution in [2.75, 3.05) is 29.9 Å². The quantitative estimate of drug-likeness (QED) is 0.788. The van der Waals surface area contributed by atoms with Crippen molar-refractivity contribution >= 4 is 11.8 Å². The topological polar surface area (TPSA) is 61.3 Å². The molecule has 1 heterocycles. The van der Waals surface area contributed by atoms with Crippen LogP contribution in [0.4, 0.5) is 11.8 Å². The molecule has 1 aliphatic rings. The Morgan fingerprint density at radius 1 is 1.47 bits per heavy atom. The van der Waals surface area contributed by atoms with E-state index in [1.165, 1.54) is 19.3 Å². The number of rotatable bonds is 7. The van der Waals surface area contributed by atoms with Gasteiger partial charge in [-0.3, -0.25) is 0 Å². The minimum Gasteiger partial charge on any atom is -0.395 e. The molecule has 1 fully saturated rings. The Bertz CT molecular complexity index is 406. The second-order valence-corrected chi connectivity index (χ2v) is 5.13. The highest BCUT2D eigenvalue weighted by atomic mass is 16.3. The standard InChI is InChI=1S/C14H24N4O/c1-3-7-15-14-16-10-11(2)13(17-14)18(8-9-19)12-5-4-6-12/h10,12,19H,3-9H2,1-2H3,(H,15,16,17). The van der Waals surface area contributed by atoms with Crippen LogP contribution in [0.15, 0.2) is 6.20 Å². The molecule has 1 saturated carbocycles. The average Bonchev–Trinajstić information content (AvgIpc) is 2.35. The van der Waals surface area contributed by atoms with Gasteiger partial charge in [0.15, 0.2) is 0 Å². The maximum Gasteiger partial charge on any atom is 0.224 e. The van der Waals surface area contributed by atoms with E-state index >= 15 is 0 Å². The molecule has 1 aliphatic carbocycles. The van der Waals surface area contributed by atoms with Crippen molar-refractivity contribution in [3.05, 3.63) is 11.8 Å². The normalized spacial score (nSPS) is 15.1. The molecule has 0 aliphatic heterocycles. The number of anilines is 2. The predicted octanol–water partition coefficient (Wildman–Crippen LogP) is 1.96. The summed E-state index contributed by atoms with van der Waals surface area (Å²) in [7, 11) is 0. The first kappa shape index (κ1) is 14.1. The molecule has 2 rings (SSSR count). The Labute approximate surface area is 115 Å². The van der Waals surface area contributed by atoms with Crippen LogP contribution in [0, 0.1) is 6.92 Å². The minimum absolute atomic E-state index is 0.164. The average molecular weight is 264 g/mol. The van der Waals surface area contributed by atoms with Crippen LogP contribution in [-0.2, 0) is 0 Å². The lowest BCUT2D eigenvalue weighted by molar-refractivity contribution is 0.283. The van der Waals surface area contributed by atoms with Crippen LogP contribution >= 0.6 is 0 Å². The SMILES string of the molecule is CCCNc1ncc(C)c(N(CCO)C2CCC2)n1. The molecule has 2 N–H and O–H groups in total. The van der Waals surface area contributed by atoms with E-state index in [4.69, 9.17) is 0 Å². The lowest BCUT2D eigenvalue weighted by atomic mass is 9.91. The molecule has 0 aromatic carbocycles. The molecular formula is C14H24N4O. The van der Waals surface area contributed by atoms with Crippen LogP contribution in [0.5, 0.6) is 0 Å². The summed E-state index contributed by atoms with van der Waals surface area (Å²) in [4.78, 5) is 11.2. The number of nitrogens with one attached hydrogen (secondary N) is 1. The van der Waals surface area contributed by atoms with Crippen molar-refractivity contribution in [1.82, 2.24) is 9.97 Å². The summed E-state index contributed by atoms with van der Waals surface area (Å²) < 4.78 is 0. The van der Waals surface area contributed by atoms with Gasteiger partial charge in [-0.25, -0.2) is 4.98 Å². The second-order valence-electron chi connectivity index (χ2n) is 5.13. The van der Waals surface area contributed by atoms with Crippen LogP contribution < -0.4 is 10.2 Å². The van der Waals surface area contributed by atoms with Crippen molar-refractivity contribution in [2.45, 2.75) is 45.6 Å². The molecule has 0 unspecified atom stereocenters. The molecule has 0 radical (unpaired) electrons.